The van der Waals surface area contributed by atoms with E-state index < -0.39 is 9.84 Å². The molecular formula is C19H30N3O3S+. The molecule has 2 fully saturated rings. The average Bonchev–Trinajstić information content (AvgIpc) is 2.97. The monoisotopic (exact) mass is 380 g/mol. The zero-order chi connectivity index (χ0) is 18.9. The van der Waals surface area contributed by atoms with Crippen molar-refractivity contribution >= 4 is 21.4 Å². The molecule has 2 heterocycles. The summed E-state index contributed by atoms with van der Waals surface area (Å²) in [5.74, 6) is 0.379. The zero-order valence-corrected chi connectivity index (χ0v) is 16.8. The summed E-state index contributed by atoms with van der Waals surface area (Å²) in [7, 11) is -1.21. The molecule has 7 heteroatoms. The standard InChI is InChI=1S/C19H29N3O3S/c1-15-5-4-6-18(16(15)2)22-10-8-21(9-11-22)13-19(23)20(3)17-7-12-26(24,25)14-17/h4-6,17H,7-14H2,1-3H3/p+1/t17-/m0/s1. The van der Waals surface area contributed by atoms with Gasteiger partial charge in [0, 0.05) is 18.8 Å². The van der Waals surface area contributed by atoms with Gasteiger partial charge in [0.05, 0.1) is 37.7 Å². The molecule has 1 N–H and O–H groups in total. The molecule has 0 saturated carbocycles. The van der Waals surface area contributed by atoms with Crippen LogP contribution in [0.4, 0.5) is 5.69 Å². The van der Waals surface area contributed by atoms with Crippen LogP contribution in [0.15, 0.2) is 18.2 Å². The maximum absolute atomic E-state index is 12.6. The number of carbonyl (C=O) groups is 1. The fraction of sp³-hybridized carbons (Fsp3) is 0.632. The van der Waals surface area contributed by atoms with Gasteiger partial charge in [-0.05, 0) is 37.5 Å². The largest absolute Gasteiger partial charge is 0.360 e. The highest BCUT2D eigenvalue weighted by molar-refractivity contribution is 7.91. The molecule has 0 aromatic heterocycles. The van der Waals surface area contributed by atoms with E-state index in [4.69, 9.17) is 0 Å². The van der Waals surface area contributed by atoms with E-state index in [1.165, 1.54) is 21.7 Å². The summed E-state index contributed by atoms with van der Waals surface area (Å²) < 4.78 is 23.3. The van der Waals surface area contributed by atoms with Gasteiger partial charge in [-0.1, -0.05) is 12.1 Å². The molecule has 0 unspecified atom stereocenters. The number of piperazine rings is 1. The number of aryl methyl sites for hydroxylation is 1. The molecule has 1 aromatic rings. The quantitative estimate of drug-likeness (QED) is 0.776. The molecule has 2 saturated heterocycles. The number of quaternary nitrogens is 1. The van der Waals surface area contributed by atoms with Crippen molar-refractivity contribution in [3.63, 3.8) is 0 Å². The van der Waals surface area contributed by atoms with Crippen LogP contribution in [0.2, 0.25) is 0 Å². The normalized spacial score (nSPS) is 23.2. The summed E-state index contributed by atoms with van der Waals surface area (Å²) in [6, 6.07) is 6.26. The fourth-order valence-electron chi connectivity index (χ4n) is 3.94. The number of sulfone groups is 1. The van der Waals surface area contributed by atoms with Crippen LogP contribution < -0.4 is 9.80 Å². The van der Waals surface area contributed by atoms with Gasteiger partial charge >= 0.3 is 0 Å². The molecule has 1 aromatic carbocycles. The highest BCUT2D eigenvalue weighted by Gasteiger charge is 2.34. The number of hydrogen-bond donors (Lipinski definition) is 1. The number of carbonyl (C=O) groups excluding carboxylic acids is 1. The minimum atomic E-state index is -2.96. The minimum Gasteiger partial charge on any atom is -0.360 e. The van der Waals surface area contributed by atoms with Gasteiger partial charge in [0.2, 0.25) is 0 Å². The Balaban J connectivity index is 1.52. The van der Waals surface area contributed by atoms with Gasteiger partial charge in [-0.2, -0.15) is 0 Å². The highest BCUT2D eigenvalue weighted by Crippen LogP contribution is 2.22. The van der Waals surface area contributed by atoms with Crippen LogP contribution >= 0.6 is 0 Å². The van der Waals surface area contributed by atoms with Crippen molar-refractivity contribution in [2.75, 3.05) is 56.2 Å². The van der Waals surface area contributed by atoms with Crippen LogP contribution in [0.5, 0.6) is 0 Å². The van der Waals surface area contributed by atoms with Gasteiger partial charge in [0.25, 0.3) is 5.91 Å². The first-order chi connectivity index (χ1) is 12.3. The maximum atomic E-state index is 12.6. The highest BCUT2D eigenvalue weighted by atomic mass is 32.2. The third-order valence-corrected chi connectivity index (χ3v) is 7.69. The van der Waals surface area contributed by atoms with Crippen molar-refractivity contribution in [2.24, 2.45) is 0 Å². The molecule has 0 radical (unpaired) electrons. The third kappa shape index (κ3) is 4.20. The molecule has 2 aliphatic rings. The van der Waals surface area contributed by atoms with E-state index in [1.807, 2.05) is 0 Å². The minimum absolute atomic E-state index is 0.0577. The Labute approximate surface area is 156 Å². The van der Waals surface area contributed by atoms with Crippen molar-refractivity contribution in [3.05, 3.63) is 29.3 Å². The van der Waals surface area contributed by atoms with E-state index in [1.54, 1.807) is 11.9 Å². The van der Waals surface area contributed by atoms with E-state index in [0.29, 0.717) is 13.0 Å². The maximum Gasteiger partial charge on any atom is 0.277 e. The second-order valence-corrected chi connectivity index (χ2v) is 9.92. The van der Waals surface area contributed by atoms with Crippen molar-refractivity contribution < 1.29 is 18.1 Å². The number of anilines is 1. The number of benzene rings is 1. The number of amides is 1. The first kappa shape index (κ1) is 19.2. The number of likely N-dealkylation sites (N-methyl/N-ethyl adjacent to an activating group) is 1. The molecule has 1 amide bonds. The van der Waals surface area contributed by atoms with E-state index in [0.717, 1.165) is 26.2 Å². The summed E-state index contributed by atoms with van der Waals surface area (Å²) in [6.45, 7) is 8.48. The molecule has 6 nitrogen and oxygen atoms in total. The van der Waals surface area contributed by atoms with Gasteiger partial charge in [-0.15, -0.1) is 0 Å². The van der Waals surface area contributed by atoms with E-state index in [-0.39, 0.29) is 23.5 Å². The Kier molecular flexibility index (Phi) is 5.58. The van der Waals surface area contributed by atoms with E-state index in [2.05, 4.69) is 36.9 Å². The Bertz CT molecular complexity index is 770. The topological polar surface area (TPSA) is 62.1 Å². The third-order valence-electron chi connectivity index (χ3n) is 5.94. The summed E-state index contributed by atoms with van der Waals surface area (Å²) in [5.41, 5.74) is 3.93. The van der Waals surface area contributed by atoms with Gasteiger partial charge in [0.15, 0.2) is 16.4 Å². The van der Waals surface area contributed by atoms with Crippen molar-refractivity contribution in [2.45, 2.75) is 26.3 Å². The molecule has 2 aliphatic heterocycles. The van der Waals surface area contributed by atoms with Gasteiger partial charge < -0.3 is 14.7 Å². The van der Waals surface area contributed by atoms with Crippen LogP contribution in [0.3, 0.4) is 0 Å². The lowest BCUT2D eigenvalue weighted by Crippen LogP contribution is -3.16. The first-order valence-electron chi connectivity index (χ1n) is 9.37. The van der Waals surface area contributed by atoms with E-state index in [9.17, 15) is 13.2 Å². The summed E-state index contributed by atoms with van der Waals surface area (Å²) in [4.78, 5) is 17.9. The summed E-state index contributed by atoms with van der Waals surface area (Å²) in [6.07, 6.45) is 0.570. The Morgan fingerprint density at radius 2 is 1.96 bits per heavy atom. The second kappa shape index (κ2) is 7.56. The van der Waals surface area contributed by atoms with Crippen LogP contribution in [0.25, 0.3) is 0 Å². The summed E-state index contributed by atoms with van der Waals surface area (Å²) >= 11 is 0. The Morgan fingerprint density at radius 1 is 1.27 bits per heavy atom. The van der Waals surface area contributed by atoms with Gasteiger partial charge in [-0.25, -0.2) is 8.42 Å². The molecule has 0 aliphatic carbocycles. The SMILES string of the molecule is Cc1cccc(N2CC[NH+](CC(=O)N(C)[C@H]3CCS(=O)(=O)C3)CC2)c1C. The van der Waals surface area contributed by atoms with Crippen LogP contribution in [-0.4, -0.2) is 76.5 Å². The van der Waals surface area contributed by atoms with Crippen LogP contribution in [-0.2, 0) is 14.6 Å². The van der Waals surface area contributed by atoms with Crippen molar-refractivity contribution in [1.29, 1.82) is 0 Å². The Hall–Kier alpha value is -1.60. The van der Waals surface area contributed by atoms with Crippen LogP contribution in [0, 0.1) is 13.8 Å². The van der Waals surface area contributed by atoms with Crippen molar-refractivity contribution in [3.8, 4) is 0 Å². The molecule has 144 valence electrons. The first-order valence-corrected chi connectivity index (χ1v) is 11.2. The molecule has 0 bridgehead atoms. The number of nitrogens with zero attached hydrogens (tertiary/aromatic N) is 2. The molecular weight excluding hydrogens is 350 g/mol. The number of nitrogens with one attached hydrogen (secondary N) is 1. The Morgan fingerprint density at radius 3 is 2.58 bits per heavy atom. The van der Waals surface area contributed by atoms with Gasteiger partial charge in [-0.3, -0.25) is 4.79 Å². The number of rotatable bonds is 4. The summed E-state index contributed by atoms with van der Waals surface area (Å²) in [5, 5.41) is 0. The predicted molar refractivity (Wildman–Crippen MR) is 104 cm³/mol. The second-order valence-electron chi connectivity index (χ2n) is 7.69. The molecule has 26 heavy (non-hydrogen) atoms. The predicted octanol–water partition coefficient (Wildman–Crippen LogP) is -0.346. The van der Waals surface area contributed by atoms with Crippen molar-refractivity contribution in [1.82, 2.24) is 4.90 Å². The lowest BCUT2D eigenvalue weighted by molar-refractivity contribution is -0.892. The molecule has 3 rings (SSSR count). The number of hydrogen-bond acceptors (Lipinski definition) is 4. The lowest BCUT2D eigenvalue weighted by Gasteiger charge is -2.35. The smallest absolute Gasteiger partial charge is 0.277 e. The molecule has 1 atom stereocenters. The van der Waals surface area contributed by atoms with E-state index >= 15 is 0 Å². The molecule has 0 spiro atoms. The van der Waals surface area contributed by atoms with Gasteiger partial charge in [0.1, 0.15) is 0 Å². The fourth-order valence-corrected chi connectivity index (χ4v) is 5.72. The lowest BCUT2D eigenvalue weighted by atomic mass is 10.1. The average molecular weight is 381 g/mol. The zero-order valence-electron chi connectivity index (χ0n) is 16.0. The van der Waals surface area contributed by atoms with Crippen LogP contribution in [0.1, 0.15) is 17.5 Å².